The van der Waals surface area contributed by atoms with Gasteiger partial charge in [-0.25, -0.2) is 9.36 Å². The predicted molar refractivity (Wildman–Crippen MR) is 141 cm³/mol. The minimum Gasteiger partial charge on any atom is -1.00 e. The van der Waals surface area contributed by atoms with E-state index in [2.05, 4.69) is 34.8 Å². The number of hydrogen-bond donors (Lipinski definition) is 4. The van der Waals surface area contributed by atoms with Gasteiger partial charge in [0.2, 0.25) is 0 Å². The molecule has 1 aromatic heterocycles. The van der Waals surface area contributed by atoms with Crippen molar-refractivity contribution in [1.29, 1.82) is 0 Å². The van der Waals surface area contributed by atoms with Crippen LogP contribution >= 0.6 is 0 Å². The largest absolute Gasteiger partial charge is 1.00 e. The number of aromatic nitrogens is 1. The molecule has 3 heterocycles. The summed E-state index contributed by atoms with van der Waals surface area (Å²) in [7, 11) is 0. The van der Waals surface area contributed by atoms with Crippen molar-refractivity contribution in [1.82, 2.24) is 0 Å². The Labute approximate surface area is 236 Å². The minimum absolute atomic E-state index is 0. The van der Waals surface area contributed by atoms with Gasteiger partial charge in [0.05, 0.1) is 19.2 Å². The van der Waals surface area contributed by atoms with E-state index in [9.17, 15) is 4.79 Å². The average Bonchev–Trinajstić information content (AvgIpc) is 3.25. The smallest absolute Gasteiger partial charge is 0.342 e. The lowest BCUT2D eigenvalue weighted by atomic mass is 9.96. The van der Waals surface area contributed by atoms with E-state index in [4.69, 9.17) is 16.2 Å². The molecule has 2 aliphatic heterocycles. The second-order valence-corrected chi connectivity index (χ2v) is 10.4. The summed E-state index contributed by atoms with van der Waals surface area (Å²) in [6, 6.07) is 3.31. The zero-order chi connectivity index (χ0) is 25.0. The van der Waals surface area contributed by atoms with E-state index in [1.807, 2.05) is 0 Å². The maximum atomic E-state index is 13.3. The van der Waals surface area contributed by atoms with E-state index in [1.54, 1.807) is 0 Å². The molecule has 37 heavy (non-hydrogen) atoms. The average molecular weight is 559 g/mol. The number of aryl methyl sites for hydroxylation is 1. The highest BCUT2D eigenvalue weighted by atomic mass is 35.5. The lowest BCUT2D eigenvalue weighted by Gasteiger charge is -2.27. The summed E-state index contributed by atoms with van der Waals surface area (Å²) < 4.78 is 8.20. The van der Waals surface area contributed by atoms with Crippen LogP contribution in [0.2, 0.25) is 0 Å². The molecule has 0 amide bonds. The highest BCUT2D eigenvalue weighted by Crippen LogP contribution is 2.35. The normalized spacial score (nSPS) is 17.1. The van der Waals surface area contributed by atoms with Gasteiger partial charge in [0.15, 0.2) is 0 Å². The number of nitrogens with two attached hydrogens (primary N) is 2. The van der Waals surface area contributed by atoms with Crippen LogP contribution in [0.15, 0.2) is 6.07 Å². The number of halogens is 2. The number of anilines is 1. The Morgan fingerprint density at radius 1 is 1.05 bits per heavy atom. The van der Waals surface area contributed by atoms with E-state index in [0.717, 1.165) is 56.1 Å². The Hall–Kier alpha value is -1.73. The van der Waals surface area contributed by atoms with Crippen LogP contribution in [0.5, 0.6) is 0 Å². The van der Waals surface area contributed by atoms with Crippen molar-refractivity contribution in [3.05, 3.63) is 22.9 Å². The number of unbranched alkanes of at least 4 members (excludes halogenated alkanes) is 7. The van der Waals surface area contributed by atoms with Gasteiger partial charge in [-0.15, -0.1) is 0 Å². The molecule has 0 bridgehead atoms. The molecule has 0 saturated carbocycles. The number of carbonyl (C=O) groups excluding carboxylic acids is 1. The van der Waals surface area contributed by atoms with Crippen molar-refractivity contribution in [3.8, 4) is 0 Å². The van der Waals surface area contributed by atoms with E-state index in [-0.39, 0.29) is 36.7 Å². The first-order valence-corrected chi connectivity index (χ1v) is 14.2. The molecule has 2 atom stereocenters. The monoisotopic (exact) mass is 557 g/mol. The number of carbonyl (C=O) groups is 1. The van der Waals surface area contributed by atoms with Gasteiger partial charge in [-0.05, 0) is 50.5 Å². The molecule has 0 aliphatic carbocycles. The van der Waals surface area contributed by atoms with Gasteiger partial charge >= 0.3 is 11.9 Å². The van der Waals surface area contributed by atoms with Crippen LogP contribution in [0.25, 0.3) is 0 Å². The highest BCUT2D eigenvalue weighted by molar-refractivity contribution is 5.92. The van der Waals surface area contributed by atoms with Crippen molar-refractivity contribution in [2.45, 2.75) is 122 Å². The third kappa shape index (κ3) is 9.82. The fourth-order valence-corrected chi connectivity index (χ4v) is 5.68. The molecule has 0 unspecified atom stereocenters. The number of hydrogen-bond acceptors (Lipinski definition) is 3. The highest BCUT2D eigenvalue weighted by Gasteiger charge is 2.41. The molecule has 0 saturated heterocycles. The molecule has 212 valence electrons. The van der Waals surface area contributed by atoms with Crippen molar-refractivity contribution < 1.29 is 43.9 Å². The zero-order valence-electron chi connectivity index (χ0n) is 22.9. The van der Waals surface area contributed by atoms with Crippen LogP contribution in [-0.2, 0) is 17.6 Å². The topological polar surface area (TPSA) is 108 Å². The van der Waals surface area contributed by atoms with Crippen molar-refractivity contribution in [2.75, 3.05) is 18.5 Å². The Balaban J connectivity index is 0.00000342. The van der Waals surface area contributed by atoms with E-state index < -0.39 is 0 Å². The third-order valence-electron chi connectivity index (χ3n) is 7.50. The van der Waals surface area contributed by atoms with E-state index in [0.29, 0.717) is 25.2 Å². The second kappa shape index (κ2) is 17.7. The van der Waals surface area contributed by atoms with Gasteiger partial charge in [0.25, 0.3) is 5.82 Å². The number of pyridine rings is 1. The fraction of sp³-hybridized carbons (Fsp3) is 0.750. The van der Waals surface area contributed by atoms with Crippen LogP contribution in [0.4, 0.5) is 5.82 Å². The van der Waals surface area contributed by atoms with Crippen LogP contribution in [0, 0.1) is 0 Å². The molecule has 0 radical (unpaired) electrons. The first-order chi connectivity index (χ1) is 17.0. The maximum Gasteiger partial charge on any atom is 0.342 e. The van der Waals surface area contributed by atoms with Crippen LogP contribution in [-0.4, -0.2) is 31.1 Å². The predicted octanol–water partition coefficient (Wildman–Crippen LogP) is -2.96. The number of nitrogens with zero attached hydrogens (tertiary/aromatic N) is 1. The van der Waals surface area contributed by atoms with Crippen molar-refractivity contribution >= 4 is 17.7 Å². The Kier molecular flexibility index (Phi) is 15.9. The quantitative estimate of drug-likeness (QED) is 0.0571. The Bertz CT molecular complexity index is 861. The molecular weight excluding hydrogens is 509 g/mol. The van der Waals surface area contributed by atoms with Gasteiger partial charge in [-0.3, -0.25) is 21.8 Å². The summed E-state index contributed by atoms with van der Waals surface area (Å²) in [5.41, 5.74) is 14.0. The molecule has 0 spiro atoms. The van der Waals surface area contributed by atoms with Crippen molar-refractivity contribution in [2.24, 2.45) is 11.5 Å². The van der Waals surface area contributed by atoms with Crippen LogP contribution < -0.4 is 51.2 Å². The fourth-order valence-electron chi connectivity index (χ4n) is 5.68. The number of esters is 1. The first-order valence-electron chi connectivity index (χ1n) is 14.2. The molecule has 0 aromatic carbocycles. The summed E-state index contributed by atoms with van der Waals surface area (Å²) in [4.78, 5) is 16.2. The lowest BCUT2D eigenvalue weighted by molar-refractivity contribution is -0.708. The SMILES string of the molecule is CCCCCCC[C@H]1C[C@H]2CCc3c(C(=O)OCCCC[NH+]=C(N)N)c(CCCCC)cc([n+]32)N1.[Cl-].[Cl-]. The lowest BCUT2D eigenvalue weighted by Crippen LogP contribution is -3.00. The summed E-state index contributed by atoms with van der Waals surface area (Å²) >= 11 is 0. The Morgan fingerprint density at radius 3 is 2.51 bits per heavy atom. The molecule has 1 aromatic rings. The third-order valence-corrected chi connectivity index (χ3v) is 7.50. The van der Waals surface area contributed by atoms with Crippen LogP contribution in [0.3, 0.4) is 0 Å². The van der Waals surface area contributed by atoms with Crippen LogP contribution in [0.1, 0.15) is 125 Å². The van der Waals surface area contributed by atoms with Gasteiger partial charge in [-0.1, -0.05) is 52.4 Å². The standard InChI is InChI=1S/C28H47N5O2.2ClH/c1-3-5-7-8-10-14-22-20-23-15-16-24-26(27(34)35-18-12-11-17-31-28(29)30)21(13-9-6-4-2)19-25(32-22)33(23)24;;/h19,22-23H,3-18,20H2,1-2H3,(H4,29,30,31);2*1H/t22-,23+;;/m0../s1. The molecule has 0 fully saturated rings. The first kappa shape index (κ1) is 33.3. The number of guanidine groups is 1. The minimum atomic E-state index is -0.154. The number of nitrogens with one attached hydrogen (secondary N) is 2. The van der Waals surface area contributed by atoms with E-state index >= 15 is 0 Å². The molecular formula is C28H49Cl2N5O2. The number of rotatable bonds is 16. The summed E-state index contributed by atoms with van der Waals surface area (Å²) in [5.74, 6) is 1.30. The summed E-state index contributed by atoms with van der Waals surface area (Å²) in [5, 5.41) is 3.85. The van der Waals surface area contributed by atoms with Gasteiger partial charge in [-0.2, -0.15) is 0 Å². The van der Waals surface area contributed by atoms with Gasteiger partial charge in [0.1, 0.15) is 17.3 Å². The molecule has 6 N–H and O–H groups in total. The van der Waals surface area contributed by atoms with E-state index in [1.165, 1.54) is 62.9 Å². The zero-order valence-corrected chi connectivity index (χ0v) is 24.4. The van der Waals surface area contributed by atoms with Gasteiger partial charge < -0.3 is 29.6 Å². The molecule has 9 heteroatoms. The molecule has 7 nitrogen and oxygen atoms in total. The van der Waals surface area contributed by atoms with Crippen molar-refractivity contribution in [3.63, 3.8) is 0 Å². The maximum absolute atomic E-state index is 13.3. The molecule has 3 rings (SSSR count). The number of ether oxygens (including phenoxy) is 1. The second-order valence-electron chi connectivity index (χ2n) is 10.4. The summed E-state index contributed by atoms with van der Waals surface area (Å²) in [6.07, 6.45) is 17.2. The Morgan fingerprint density at radius 2 is 1.78 bits per heavy atom. The summed E-state index contributed by atoms with van der Waals surface area (Å²) in [6.45, 7) is 5.60. The van der Waals surface area contributed by atoms with Gasteiger partial charge in [0, 0.05) is 18.9 Å². The molecule has 2 aliphatic rings.